The minimum absolute atomic E-state index is 0.887. The molecule has 0 unspecified atom stereocenters. The van der Waals surface area contributed by atoms with Gasteiger partial charge in [0.1, 0.15) is 0 Å². The van der Waals surface area contributed by atoms with E-state index < -0.39 is 0 Å². The molecule has 0 N–H and O–H groups in total. The van der Waals surface area contributed by atoms with Gasteiger partial charge in [0.25, 0.3) is 0 Å². The lowest BCUT2D eigenvalue weighted by molar-refractivity contribution is 1.03. The Balaban J connectivity index is 2.42. The predicted octanol–water partition coefficient (Wildman–Crippen LogP) is 2.95. The van der Waals surface area contributed by atoms with E-state index in [0.717, 1.165) is 12.8 Å². The summed E-state index contributed by atoms with van der Waals surface area (Å²) in [6.45, 7) is 3.90. The van der Waals surface area contributed by atoms with E-state index in [-0.39, 0.29) is 0 Å². The molecule has 0 heterocycles. The molecule has 0 fully saturated rings. The van der Waals surface area contributed by atoms with Crippen molar-refractivity contribution in [1.82, 2.24) is 0 Å². The van der Waals surface area contributed by atoms with Gasteiger partial charge in [-0.25, -0.2) is 0 Å². The van der Waals surface area contributed by atoms with Crippen molar-refractivity contribution in [1.29, 1.82) is 0 Å². The first-order valence-electron chi connectivity index (χ1n) is 4.78. The van der Waals surface area contributed by atoms with Gasteiger partial charge in [0.15, 0.2) is 0 Å². The van der Waals surface area contributed by atoms with Gasteiger partial charge in [-0.3, -0.25) is 0 Å². The summed E-state index contributed by atoms with van der Waals surface area (Å²) in [5, 5.41) is 0. The van der Waals surface area contributed by atoms with E-state index in [1.165, 1.54) is 11.1 Å². The van der Waals surface area contributed by atoms with Gasteiger partial charge in [-0.2, -0.15) is 0 Å². The van der Waals surface area contributed by atoms with Crippen molar-refractivity contribution in [2.24, 2.45) is 0 Å². The second-order valence-corrected chi connectivity index (χ2v) is 3.16. The first-order valence-corrected chi connectivity index (χ1v) is 4.78. The van der Waals surface area contributed by atoms with Gasteiger partial charge in [0.05, 0.1) is 0 Å². The van der Waals surface area contributed by atoms with Crippen LogP contribution >= 0.6 is 0 Å². The highest BCUT2D eigenvalue weighted by Crippen LogP contribution is 2.04. The van der Waals surface area contributed by atoms with E-state index in [0.29, 0.717) is 0 Å². The Hall–Kier alpha value is -1.66. The molecule has 0 heteroatoms. The molecule has 0 spiro atoms. The molecular weight excluding hydrogens is 168 g/mol. The third-order valence-electron chi connectivity index (χ3n) is 1.94. The van der Waals surface area contributed by atoms with Crippen molar-refractivity contribution in [3.8, 4) is 23.7 Å². The smallest absolute Gasteiger partial charge is 0.0139 e. The van der Waals surface area contributed by atoms with E-state index in [1.807, 2.05) is 0 Å². The maximum Gasteiger partial charge on any atom is 0.0139 e. The number of hydrogen-bond acceptors (Lipinski definition) is 0. The van der Waals surface area contributed by atoms with Crippen molar-refractivity contribution < 1.29 is 0 Å². The Kier molecular flexibility index (Phi) is 4.39. The van der Waals surface area contributed by atoms with Crippen LogP contribution in [0.2, 0.25) is 0 Å². The maximum atomic E-state index is 3.03. The molecule has 0 saturated heterocycles. The topological polar surface area (TPSA) is 0 Å². The van der Waals surface area contributed by atoms with Crippen LogP contribution in [0.5, 0.6) is 0 Å². The normalized spacial score (nSPS) is 8.14. The van der Waals surface area contributed by atoms with Gasteiger partial charge < -0.3 is 0 Å². The average Bonchev–Trinajstić information content (AvgIpc) is 2.21. The fourth-order valence-corrected chi connectivity index (χ4v) is 1.13. The highest BCUT2D eigenvalue weighted by atomic mass is 13.9. The van der Waals surface area contributed by atoms with E-state index >= 15 is 0 Å². The van der Waals surface area contributed by atoms with Crippen molar-refractivity contribution in [3.63, 3.8) is 0 Å². The average molecular weight is 182 g/mol. The monoisotopic (exact) mass is 182 g/mol. The fourth-order valence-electron chi connectivity index (χ4n) is 1.13. The van der Waals surface area contributed by atoms with Gasteiger partial charge >= 0.3 is 0 Å². The van der Waals surface area contributed by atoms with E-state index in [4.69, 9.17) is 0 Å². The second-order valence-electron chi connectivity index (χ2n) is 3.16. The first kappa shape index (κ1) is 10.4. The van der Waals surface area contributed by atoms with Crippen LogP contribution in [0.3, 0.4) is 0 Å². The van der Waals surface area contributed by atoms with Crippen LogP contribution in [-0.2, 0) is 6.42 Å². The largest absolute Gasteiger partial charge is 0.0925 e. The lowest BCUT2D eigenvalue weighted by Gasteiger charge is -1.97. The zero-order valence-corrected chi connectivity index (χ0v) is 8.72. The number of rotatable bonds is 2. The Bertz CT molecular complexity index is 388. The van der Waals surface area contributed by atoms with Crippen molar-refractivity contribution >= 4 is 0 Å². The Morgan fingerprint density at radius 2 is 1.79 bits per heavy atom. The minimum atomic E-state index is 0.887. The summed E-state index contributed by atoms with van der Waals surface area (Å²) in [6, 6.07) is 8.58. The summed E-state index contributed by atoms with van der Waals surface area (Å²) in [5.41, 5.74) is 2.64. The first-order chi connectivity index (χ1) is 6.83. The fraction of sp³-hybridized carbons (Fsp3) is 0.286. The lowest BCUT2D eigenvalue weighted by Crippen LogP contribution is -1.83. The summed E-state index contributed by atoms with van der Waals surface area (Å²) < 4.78 is 0. The third-order valence-corrected chi connectivity index (χ3v) is 1.94. The quantitative estimate of drug-likeness (QED) is 0.617. The molecule has 0 aliphatic heterocycles. The van der Waals surface area contributed by atoms with E-state index in [1.54, 1.807) is 6.92 Å². The van der Waals surface area contributed by atoms with E-state index in [9.17, 15) is 0 Å². The van der Waals surface area contributed by atoms with Gasteiger partial charge in [0, 0.05) is 6.42 Å². The zero-order chi connectivity index (χ0) is 10.2. The number of hydrogen-bond donors (Lipinski definition) is 0. The molecule has 0 aliphatic carbocycles. The van der Waals surface area contributed by atoms with Crippen LogP contribution in [0.4, 0.5) is 0 Å². The summed E-state index contributed by atoms with van der Waals surface area (Å²) in [5.74, 6) is 11.3. The molecule has 14 heavy (non-hydrogen) atoms. The molecule has 0 aromatic heterocycles. The third kappa shape index (κ3) is 3.83. The van der Waals surface area contributed by atoms with Crippen LogP contribution in [0, 0.1) is 30.6 Å². The predicted molar refractivity (Wildman–Crippen MR) is 60.7 cm³/mol. The highest BCUT2D eigenvalue weighted by molar-refractivity contribution is 5.26. The maximum absolute atomic E-state index is 3.03. The molecule has 70 valence electrons. The molecule has 0 aliphatic rings. The standard InChI is InChI=1S/C14H14/c1-3-4-5-6-7-8-14-11-9-13(2)10-12-14/h9-12H,7-8H2,1-2H3. The molecular formula is C14H14. The SMILES string of the molecule is CC#CC#CCCc1ccc(C)cc1. The zero-order valence-electron chi connectivity index (χ0n) is 8.72. The Labute approximate surface area is 86.3 Å². The van der Waals surface area contributed by atoms with Gasteiger partial charge in [0.2, 0.25) is 0 Å². The second kappa shape index (κ2) is 5.90. The van der Waals surface area contributed by atoms with Gasteiger partial charge in [-0.1, -0.05) is 41.7 Å². The van der Waals surface area contributed by atoms with Gasteiger partial charge in [-0.05, 0) is 37.7 Å². The summed E-state index contributed by atoms with van der Waals surface area (Å²) >= 11 is 0. The molecule has 0 atom stereocenters. The molecule has 0 bridgehead atoms. The summed E-state index contributed by atoms with van der Waals surface area (Å²) in [7, 11) is 0. The molecule has 1 rings (SSSR count). The number of aryl methyl sites for hydroxylation is 2. The molecule has 0 radical (unpaired) electrons. The summed E-state index contributed by atoms with van der Waals surface area (Å²) in [6.07, 6.45) is 1.90. The molecule has 0 saturated carbocycles. The van der Waals surface area contributed by atoms with Crippen LogP contribution in [0.25, 0.3) is 0 Å². The molecule has 0 amide bonds. The lowest BCUT2D eigenvalue weighted by atomic mass is 10.1. The molecule has 1 aromatic rings. The molecule has 1 aromatic carbocycles. The highest BCUT2D eigenvalue weighted by Gasteiger charge is 1.89. The Morgan fingerprint density at radius 1 is 1.07 bits per heavy atom. The Morgan fingerprint density at radius 3 is 2.43 bits per heavy atom. The van der Waals surface area contributed by atoms with Crippen LogP contribution in [-0.4, -0.2) is 0 Å². The minimum Gasteiger partial charge on any atom is -0.0925 e. The van der Waals surface area contributed by atoms with Gasteiger partial charge in [-0.15, -0.1) is 0 Å². The van der Waals surface area contributed by atoms with Crippen LogP contribution in [0.1, 0.15) is 24.5 Å². The van der Waals surface area contributed by atoms with E-state index in [2.05, 4.69) is 54.9 Å². The van der Waals surface area contributed by atoms with Crippen molar-refractivity contribution in [2.75, 3.05) is 0 Å². The number of benzene rings is 1. The van der Waals surface area contributed by atoms with Crippen molar-refractivity contribution in [3.05, 3.63) is 35.4 Å². The summed E-state index contributed by atoms with van der Waals surface area (Å²) in [4.78, 5) is 0. The van der Waals surface area contributed by atoms with Crippen LogP contribution in [0.15, 0.2) is 24.3 Å². The van der Waals surface area contributed by atoms with Crippen LogP contribution < -0.4 is 0 Å². The molecule has 0 nitrogen and oxygen atoms in total. The van der Waals surface area contributed by atoms with Crippen molar-refractivity contribution in [2.45, 2.75) is 26.7 Å².